The molecule has 2 aliphatic rings. The number of benzene rings is 4. The van der Waals surface area contributed by atoms with Crippen molar-refractivity contribution in [2.75, 3.05) is 85.5 Å². The van der Waals surface area contributed by atoms with Gasteiger partial charge in [-0.05, 0) is 90.6 Å². The number of carbonyl (C=O) groups is 1. The van der Waals surface area contributed by atoms with E-state index in [1.165, 1.54) is 0 Å². The first-order valence-electron chi connectivity index (χ1n) is 18.0. The van der Waals surface area contributed by atoms with E-state index >= 15 is 0 Å². The number of aromatic carboxylic acids is 1. The molecule has 2 saturated heterocycles. The predicted octanol–water partition coefficient (Wildman–Crippen LogP) is 6.48. The van der Waals surface area contributed by atoms with E-state index in [0.29, 0.717) is 17.7 Å². The van der Waals surface area contributed by atoms with Crippen LogP contribution in [0.5, 0.6) is 11.5 Å². The second-order valence-electron chi connectivity index (χ2n) is 12.2. The Bertz CT molecular complexity index is 1610. The number of carboxylic acid groups (broad SMARTS) is 1. The lowest BCUT2D eigenvalue weighted by molar-refractivity contribution is 0.0357. The number of morpholine rings is 2. The van der Waals surface area contributed by atoms with Gasteiger partial charge in [-0.15, -0.1) is 0 Å². The van der Waals surface area contributed by atoms with Gasteiger partial charge < -0.3 is 29.2 Å². The van der Waals surface area contributed by atoms with Crippen LogP contribution in [0.15, 0.2) is 97.1 Å². The fraction of sp³-hybridized carbons (Fsp3) is 0.381. The summed E-state index contributed by atoms with van der Waals surface area (Å²) < 4.78 is 22.3. The van der Waals surface area contributed by atoms with Crippen LogP contribution in [0.4, 0.5) is 0 Å². The maximum absolute atomic E-state index is 10.9. The molecule has 0 saturated carbocycles. The molecule has 0 radical (unpaired) electrons. The van der Waals surface area contributed by atoms with Gasteiger partial charge >= 0.3 is 5.97 Å². The Morgan fingerprint density at radius 2 is 1.00 bits per heavy atom. The molecule has 4 aromatic rings. The van der Waals surface area contributed by atoms with Gasteiger partial charge in [0.2, 0.25) is 0 Å². The molecule has 10 nitrogen and oxygen atoms in total. The van der Waals surface area contributed by atoms with E-state index in [1.807, 2.05) is 72.8 Å². The Balaban J connectivity index is 0.000000217. The molecular formula is C42H51N3O7. The zero-order chi connectivity index (χ0) is 36.8. The quantitative estimate of drug-likeness (QED) is 0.149. The first-order valence-corrected chi connectivity index (χ1v) is 18.0. The fourth-order valence-electron chi connectivity index (χ4n) is 5.64. The lowest BCUT2D eigenvalue weighted by atomic mass is 10.0. The minimum Gasteiger partial charge on any atom is -0.494 e. The summed E-state index contributed by atoms with van der Waals surface area (Å²) in [4.78, 5) is 15.7. The Morgan fingerprint density at radius 1 is 0.654 bits per heavy atom. The number of hydrogen-bond acceptors (Lipinski definition) is 9. The van der Waals surface area contributed by atoms with Crippen LogP contribution >= 0.6 is 0 Å². The highest BCUT2D eigenvalue weighted by atomic mass is 16.5. The van der Waals surface area contributed by atoms with Crippen LogP contribution < -0.4 is 9.47 Å². The summed E-state index contributed by atoms with van der Waals surface area (Å²) in [5, 5.41) is 25.4. The highest BCUT2D eigenvalue weighted by molar-refractivity contribution is 5.88. The maximum atomic E-state index is 10.9. The molecule has 2 N–H and O–H groups in total. The normalized spacial score (nSPS) is 14.5. The molecule has 276 valence electrons. The molecule has 0 spiro atoms. The summed E-state index contributed by atoms with van der Waals surface area (Å²) in [5.41, 5.74) is 5.23. The van der Waals surface area contributed by atoms with Crippen molar-refractivity contribution in [3.63, 3.8) is 0 Å². The highest BCUT2D eigenvalue weighted by Crippen LogP contribution is 2.24. The van der Waals surface area contributed by atoms with Crippen molar-refractivity contribution < 1.29 is 34.0 Å². The fourth-order valence-corrected chi connectivity index (χ4v) is 5.64. The largest absolute Gasteiger partial charge is 0.494 e. The van der Waals surface area contributed by atoms with E-state index in [9.17, 15) is 4.79 Å². The summed E-state index contributed by atoms with van der Waals surface area (Å²) in [6.07, 6.45) is 2.02. The molecule has 2 heterocycles. The van der Waals surface area contributed by atoms with Gasteiger partial charge in [0.1, 0.15) is 11.5 Å². The van der Waals surface area contributed by atoms with Crippen molar-refractivity contribution >= 4 is 5.97 Å². The zero-order valence-corrected chi connectivity index (χ0v) is 30.1. The van der Waals surface area contributed by atoms with Gasteiger partial charge in [-0.2, -0.15) is 5.26 Å². The van der Waals surface area contributed by atoms with Crippen LogP contribution in [-0.2, 0) is 9.47 Å². The minimum atomic E-state index is -0.910. The Morgan fingerprint density at radius 3 is 1.35 bits per heavy atom. The molecule has 0 bridgehead atoms. The Kier molecular flexibility index (Phi) is 17.6. The molecule has 52 heavy (non-hydrogen) atoms. The van der Waals surface area contributed by atoms with Crippen LogP contribution in [-0.4, -0.2) is 111 Å². The van der Waals surface area contributed by atoms with Crippen molar-refractivity contribution in [2.45, 2.75) is 19.8 Å². The molecule has 4 aromatic carbocycles. The van der Waals surface area contributed by atoms with Crippen molar-refractivity contribution in [1.82, 2.24) is 9.80 Å². The first-order chi connectivity index (χ1) is 25.5. The molecule has 0 amide bonds. The van der Waals surface area contributed by atoms with Gasteiger partial charge in [0.05, 0.1) is 56.8 Å². The average molecular weight is 710 g/mol. The average Bonchev–Trinajstić information content (AvgIpc) is 3.20. The number of ether oxygens (including phenoxy) is 4. The molecule has 0 unspecified atom stereocenters. The SMILES string of the molecule is CCO.N#Cc1ccc(-c2ccc(OCCCN3CCOCC3)cc2)cc1.O=C(O)c1ccc(-c2ccc(OCCCN3CCOCC3)cc2)cc1. The van der Waals surface area contributed by atoms with Crippen LogP contribution in [0, 0.1) is 11.3 Å². The maximum Gasteiger partial charge on any atom is 0.335 e. The van der Waals surface area contributed by atoms with E-state index < -0.39 is 5.97 Å². The van der Waals surface area contributed by atoms with Crippen molar-refractivity contribution in [3.05, 3.63) is 108 Å². The molecule has 2 aliphatic heterocycles. The third kappa shape index (κ3) is 14.1. The van der Waals surface area contributed by atoms with Gasteiger partial charge in [-0.3, -0.25) is 9.80 Å². The van der Waals surface area contributed by atoms with Gasteiger partial charge in [-0.25, -0.2) is 4.79 Å². The van der Waals surface area contributed by atoms with Gasteiger partial charge in [0.25, 0.3) is 0 Å². The molecule has 0 atom stereocenters. The summed E-state index contributed by atoms with van der Waals surface area (Å²) in [7, 11) is 0. The molecule has 0 aliphatic carbocycles. The van der Waals surface area contributed by atoms with Crippen molar-refractivity contribution in [2.24, 2.45) is 0 Å². The zero-order valence-electron chi connectivity index (χ0n) is 30.1. The molecule has 2 fully saturated rings. The van der Waals surface area contributed by atoms with Gasteiger partial charge in [0, 0.05) is 45.9 Å². The van der Waals surface area contributed by atoms with Gasteiger partial charge in [-0.1, -0.05) is 48.5 Å². The number of aliphatic hydroxyl groups is 1. The number of hydrogen-bond donors (Lipinski definition) is 2. The highest BCUT2D eigenvalue weighted by Gasteiger charge is 2.11. The lowest BCUT2D eigenvalue weighted by Gasteiger charge is -2.26. The van der Waals surface area contributed by atoms with E-state index in [-0.39, 0.29) is 6.61 Å². The Hall–Kier alpha value is -4.76. The topological polar surface area (TPSA) is 125 Å². The van der Waals surface area contributed by atoms with E-state index in [2.05, 4.69) is 28.0 Å². The molecular weight excluding hydrogens is 658 g/mol. The summed E-state index contributed by atoms with van der Waals surface area (Å²) in [6.45, 7) is 12.9. The van der Waals surface area contributed by atoms with Crippen LogP contribution in [0.2, 0.25) is 0 Å². The minimum absolute atomic E-state index is 0.250. The summed E-state index contributed by atoms with van der Waals surface area (Å²) >= 11 is 0. The monoisotopic (exact) mass is 709 g/mol. The van der Waals surface area contributed by atoms with Crippen LogP contribution in [0.25, 0.3) is 22.3 Å². The van der Waals surface area contributed by atoms with Crippen LogP contribution in [0.1, 0.15) is 35.7 Å². The molecule has 0 aromatic heterocycles. The number of rotatable bonds is 13. The number of carboxylic acids is 1. The number of nitrogens with zero attached hydrogens (tertiary/aromatic N) is 3. The third-order valence-electron chi connectivity index (χ3n) is 8.50. The van der Waals surface area contributed by atoms with E-state index in [0.717, 1.165) is 119 Å². The number of nitriles is 1. The molecule has 10 heteroatoms. The summed E-state index contributed by atoms with van der Waals surface area (Å²) in [5.74, 6) is 0.842. The Labute approximate surface area is 307 Å². The lowest BCUT2D eigenvalue weighted by Crippen LogP contribution is -2.37. The molecule has 6 rings (SSSR count). The first kappa shape index (κ1) is 40.0. The second kappa shape index (κ2) is 22.9. The predicted molar refractivity (Wildman–Crippen MR) is 203 cm³/mol. The third-order valence-corrected chi connectivity index (χ3v) is 8.50. The van der Waals surface area contributed by atoms with E-state index in [1.54, 1.807) is 19.1 Å². The summed E-state index contributed by atoms with van der Waals surface area (Å²) in [6, 6.07) is 32.6. The van der Waals surface area contributed by atoms with Gasteiger partial charge in [0.15, 0.2) is 0 Å². The van der Waals surface area contributed by atoms with Crippen molar-refractivity contribution in [3.8, 4) is 39.8 Å². The smallest absolute Gasteiger partial charge is 0.335 e. The van der Waals surface area contributed by atoms with Crippen LogP contribution in [0.3, 0.4) is 0 Å². The number of aliphatic hydroxyl groups excluding tert-OH is 1. The van der Waals surface area contributed by atoms with E-state index in [4.69, 9.17) is 34.4 Å². The second-order valence-corrected chi connectivity index (χ2v) is 12.2. The van der Waals surface area contributed by atoms with Crippen molar-refractivity contribution in [1.29, 1.82) is 5.26 Å². The standard InChI is InChI=1S/C20H22N2O2.C20H23NO4.C2H6O/c21-16-17-2-4-18(5-3-17)19-6-8-20(9-7-19)24-13-1-10-22-11-14-23-15-12-22;22-20(23)18-4-2-16(3-5-18)17-6-8-19(9-7-17)25-13-1-10-21-11-14-24-15-12-21;1-2-3/h2-9H,1,10-15H2;2-9H,1,10-15H2,(H,22,23);3H,2H2,1H3.